The van der Waals surface area contributed by atoms with Crippen LogP contribution in [0.1, 0.15) is 26.7 Å². The summed E-state index contributed by atoms with van der Waals surface area (Å²) in [6, 6.07) is 1.81. The lowest BCUT2D eigenvalue weighted by Crippen LogP contribution is -2.17. The molecule has 0 N–H and O–H groups in total. The van der Waals surface area contributed by atoms with Crippen LogP contribution >= 0.6 is 0 Å². The minimum Gasteiger partial charge on any atom is -0.477 e. The fourth-order valence-electron chi connectivity index (χ4n) is 2.52. The lowest BCUT2D eigenvalue weighted by atomic mass is 9.89. The highest BCUT2D eigenvalue weighted by Crippen LogP contribution is 2.24. The number of hydrogen-bond donors (Lipinski definition) is 0. The number of aromatic nitrogens is 2. The summed E-state index contributed by atoms with van der Waals surface area (Å²) in [5.41, 5.74) is 0. The first-order chi connectivity index (χ1) is 9.24. The fraction of sp³-hybridized carbons (Fsp3) is 0.500. The Balaban J connectivity index is 1.93. The van der Waals surface area contributed by atoms with Crippen LogP contribution in [0.25, 0.3) is 0 Å². The van der Waals surface area contributed by atoms with Crippen LogP contribution in [-0.2, 0) is 0 Å². The van der Waals surface area contributed by atoms with E-state index < -0.39 is 0 Å². The molecule has 2 atom stereocenters. The van der Waals surface area contributed by atoms with E-state index in [2.05, 4.69) is 48.1 Å². The van der Waals surface area contributed by atoms with Crippen LogP contribution in [0.3, 0.4) is 0 Å². The van der Waals surface area contributed by atoms with Gasteiger partial charge in [0.2, 0.25) is 5.88 Å². The van der Waals surface area contributed by atoms with Gasteiger partial charge in [-0.25, -0.2) is 9.97 Å². The van der Waals surface area contributed by atoms with Crippen LogP contribution in [0.4, 0.5) is 0 Å². The molecule has 0 bridgehead atoms. The number of ether oxygens (including phenoxy) is 1. The van der Waals surface area contributed by atoms with Gasteiger partial charge in [-0.1, -0.05) is 38.2 Å². The van der Waals surface area contributed by atoms with Gasteiger partial charge >= 0.3 is 0 Å². The van der Waals surface area contributed by atoms with Gasteiger partial charge in [-0.15, -0.1) is 0 Å². The summed E-state index contributed by atoms with van der Waals surface area (Å²) in [6.45, 7) is 5.25. The van der Waals surface area contributed by atoms with E-state index in [9.17, 15) is 0 Å². The molecule has 1 aromatic rings. The van der Waals surface area contributed by atoms with Gasteiger partial charge in [-0.2, -0.15) is 0 Å². The van der Waals surface area contributed by atoms with Gasteiger partial charge in [-0.05, 0) is 30.6 Å². The Labute approximate surface area is 115 Å². The van der Waals surface area contributed by atoms with Crippen LogP contribution in [0.5, 0.6) is 5.88 Å². The van der Waals surface area contributed by atoms with E-state index >= 15 is 0 Å². The third-order valence-electron chi connectivity index (χ3n) is 3.42. The van der Waals surface area contributed by atoms with E-state index in [4.69, 9.17) is 4.74 Å². The predicted molar refractivity (Wildman–Crippen MR) is 76.9 cm³/mol. The van der Waals surface area contributed by atoms with E-state index in [1.54, 1.807) is 6.20 Å². The molecule has 0 saturated heterocycles. The van der Waals surface area contributed by atoms with E-state index in [1.807, 2.05) is 6.07 Å². The van der Waals surface area contributed by atoms with Crippen molar-refractivity contribution in [1.29, 1.82) is 0 Å². The standard InChI is InChI=1S/C16H22N2O/c1-13-5-3-4-6-14(2)10-15(9-13)11-19-16-7-8-17-12-18-16/h3-8,12-15H,9-11H2,1-2H3/b5-3-,6-4-. The first kappa shape index (κ1) is 13.8. The summed E-state index contributed by atoms with van der Waals surface area (Å²) in [6.07, 6.45) is 14.4. The maximum absolute atomic E-state index is 5.78. The maximum Gasteiger partial charge on any atom is 0.216 e. The Bertz CT molecular complexity index is 408. The third-order valence-corrected chi connectivity index (χ3v) is 3.42. The average Bonchev–Trinajstić information content (AvgIpc) is 2.49. The lowest BCUT2D eigenvalue weighted by molar-refractivity contribution is 0.206. The van der Waals surface area contributed by atoms with Crippen LogP contribution in [-0.4, -0.2) is 16.6 Å². The quantitative estimate of drug-likeness (QED) is 0.830. The predicted octanol–water partition coefficient (Wildman–Crippen LogP) is 3.65. The Morgan fingerprint density at radius 2 is 1.84 bits per heavy atom. The van der Waals surface area contributed by atoms with Crippen molar-refractivity contribution < 1.29 is 4.74 Å². The number of allylic oxidation sites excluding steroid dienone is 4. The molecule has 3 heteroatoms. The number of rotatable bonds is 3. The molecule has 0 fully saturated rings. The molecular formula is C16H22N2O. The monoisotopic (exact) mass is 258 g/mol. The Morgan fingerprint density at radius 3 is 2.42 bits per heavy atom. The van der Waals surface area contributed by atoms with E-state index in [0.717, 1.165) is 19.4 Å². The molecule has 2 unspecified atom stereocenters. The molecule has 1 aliphatic rings. The summed E-state index contributed by atoms with van der Waals surface area (Å²) >= 11 is 0. The van der Waals surface area contributed by atoms with E-state index in [-0.39, 0.29) is 0 Å². The fourth-order valence-corrected chi connectivity index (χ4v) is 2.52. The summed E-state index contributed by atoms with van der Waals surface area (Å²) in [4.78, 5) is 8.00. The Kier molecular flexibility index (Phi) is 5.13. The summed E-state index contributed by atoms with van der Waals surface area (Å²) < 4.78 is 5.78. The van der Waals surface area contributed by atoms with Crippen LogP contribution in [0.2, 0.25) is 0 Å². The highest BCUT2D eigenvalue weighted by Gasteiger charge is 2.16. The lowest BCUT2D eigenvalue weighted by Gasteiger charge is -2.21. The van der Waals surface area contributed by atoms with Gasteiger partial charge in [0, 0.05) is 12.3 Å². The molecule has 0 radical (unpaired) electrons. The first-order valence-electron chi connectivity index (χ1n) is 6.98. The number of hydrogen-bond acceptors (Lipinski definition) is 3. The molecule has 2 rings (SSSR count). The van der Waals surface area contributed by atoms with Crippen molar-refractivity contribution in [3.8, 4) is 5.88 Å². The molecule has 0 saturated carbocycles. The molecule has 0 spiro atoms. The van der Waals surface area contributed by atoms with Crippen LogP contribution < -0.4 is 4.74 Å². The first-order valence-corrected chi connectivity index (χ1v) is 6.98. The second kappa shape index (κ2) is 7.07. The van der Waals surface area contributed by atoms with Crippen molar-refractivity contribution in [2.24, 2.45) is 17.8 Å². The number of nitrogens with zero attached hydrogens (tertiary/aromatic N) is 2. The van der Waals surface area contributed by atoms with Gasteiger partial charge in [0.05, 0.1) is 6.61 Å². The van der Waals surface area contributed by atoms with Crippen LogP contribution in [0, 0.1) is 17.8 Å². The molecule has 1 heterocycles. The van der Waals surface area contributed by atoms with Crippen molar-refractivity contribution in [2.45, 2.75) is 26.7 Å². The third kappa shape index (κ3) is 4.86. The maximum atomic E-state index is 5.78. The summed E-state index contributed by atoms with van der Waals surface area (Å²) in [5.74, 6) is 2.41. The molecular weight excluding hydrogens is 236 g/mol. The zero-order valence-electron chi connectivity index (χ0n) is 11.7. The normalized spacial score (nSPS) is 30.7. The average molecular weight is 258 g/mol. The van der Waals surface area contributed by atoms with Gasteiger partial charge < -0.3 is 4.74 Å². The SMILES string of the molecule is CC1/C=C\C=C/C(C)CC(COc2ccncn2)C1. The van der Waals surface area contributed by atoms with E-state index in [1.165, 1.54) is 6.33 Å². The molecule has 0 aromatic carbocycles. The molecule has 102 valence electrons. The zero-order chi connectivity index (χ0) is 13.5. The summed E-state index contributed by atoms with van der Waals surface area (Å²) in [7, 11) is 0. The zero-order valence-corrected chi connectivity index (χ0v) is 11.7. The van der Waals surface area contributed by atoms with Crippen molar-refractivity contribution in [2.75, 3.05) is 6.61 Å². The minimum atomic E-state index is 0.562. The Hall–Kier alpha value is -1.64. The van der Waals surface area contributed by atoms with Crippen molar-refractivity contribution >= 4 is 0 Å². The van der Waals surface area contributed by atoms with Crippen LogP contribution in [0.15, 0.2) is 42.9 Å². The van der Waals surface area contributed by atoms with Gasteiger partial charge in [0.25, 0.3) is 0 Å². The van der Waals surface area contributed by atoms with Crippen molar-refractivity contribution in [3.63, 3.8) is 0 Å². The Morgan fingerprint density at radius 1 is 1.16 bits per heavy atom. The minimum absolute atomic E-state index is 0.562. The topological polar surface area (TPSA) is 35.0 Å². The second-order valence-corrected chi connectivity index (χ2v) is 5.42. The highest BCUT2D eigenvalue weighted by atomic mass is 16.5. The summed E-state index contributed by atoms with van der Waals surface area (Å²) in [5, 5.41) is 0. The van der Waals surface area contributed by atoms with Crippen molar-refractivity contribution in [1.82, 2.24) is 9.97 Å². The molecule has 3 nitrogen and oxygen atoms in total. The van der Waals surface area contributed by atoms with Gasteiger partial charge in [-0.3, -0.25) is 0 Å². The van der Waals surface area contributed by atoms with Gasteiger partial charge in [0.1, 0.15) is 6.33 Å². The molecule has 19 heavy (non-hydrogen) atoms. The molecule has 0 amide bonds. The van der Waals surface area contributed by atoms with E-state index in [0.29, 0.717) is 23.6 Å². The highest BCUT2D eigenvalue weighted by molar-refractivity contribution is 5.07. The molecule has 1 aliphatic carbocycles. The molecule has 0 aliphatic heterocycles. The second-order valence-electron chi connectivity index (χ2n) is 5.42. The van der Waals surface area contributed by atoms with Gasteiger partial charge in [0.15, 0.2) is 0 Å². The molecule has 1 aromatic heterocycles. The van der Waals surface area contributed by atoms with Crippen molar-refractivity contribution in [3.05, 3.63) is 42.9 Å². The smallest absolute Gasteiger partial charge is 0.216 e. The largest absolute Gasteiger partial charge is 0.477 e.